The first kappa shape index (κ1) is 10.1. The van der Waals surface area contributed by atoms with Crippen LogP contribution in [-0.2, 0) is 0 Å². The molecule has 0 aliphatic heterocycles. The Morgan fingerprint density at radius 3 is 2.00 bits per heavy atom. The summed E-state index contributed by atoms with van der Waals surface area (Å²) < 4.78 is 37.3. The zero-order valence-electron chi connectivity index (χ0n) is 7.52. The van der Waals surface area contributed by atoms with Gasteiger partial charge in [0.25, 0.3) is 6.43 Å². The zero-order valence-corrected chi connectivity index (χ0v) is 7.52. The number of halogens is 3. The number of alkyl halides is 3. The van der Waals surface area contributed by atoms with Crippen molar-refractivity contribution in [2.75, 3.05) is 0 Å². The maximum Gasteiger partial charge on any atom is 0.263 e. The van der Waals surface area contributed by atoms with Crippen molar-refractivity contribution >= 4 is 0 Å². The Morgan fingerprint density at radius 2 is 1.54 bits per heavy atom. The van der Waals surface area contributed by atoms with Crippen LogP contribution in [-0.4, -0.2) is 0 Å². The summed E-state index contributed by atoms with van der Waals surface area (Å²) in [5.41, 5.74) is 0.868. The molecule has 13 heavy (non-hydrogen) atoms. The van der Waals surface area contributed by atoms with Crippen molar-refractivity contribution in [2.45, 2.75) is 26.4 Å². The Bertz CT molecular complexity index is 266. The van der Waals surface area contributed by atoms with E-state index in [0.29, 0.717) is 11.1 Å². The van der Waals surface area contributed by atoms with Gasteiger partial charge in [-0.1, -0.05) is 17.7 Å². The number of hydrogen-bond donors (Lipinski definition) is 0. The molecule has 0 aromatic heterocycles. The van der Waals surface area contributed by atoms with E-state index in [2.05, 4.69) is 0 Å². The van der Waals surface area contributed by atoms with Crippen molar-refractivity contribution in [3.8, 4) is 0 Å². The normalized spacial score (nSPS) is 13.4. The molecule has 1 aromatic carbocycles. The average Bonchev–Trinajstić information content (AvgIpc) is 2.03. The van der Waals surface area contributed by atoms with E-state index in [-0.39, 0.29) is 5.56 Å². The lowest BCUT2D eigenvalue weighted by molar-refractivity contribution is 0.151. The van der Waals surface area contributed by atoms with Gasteiger partial charge in [-0.3, -0.25) is 0 Å². The SMILES string of the molecule is Cc1cc(C(C)F)cc(C(F)F)c1. The van der Waals surface area contributed by atoms with Crippen LogP contribution < -0.4 is 0 Å². The zero-order chi connectivity index (χ0) is 10.0. The van der Waals surface area contributed by atoms with Gasteiger partial charge in [-0.25, -0.2) is 13.2 Å². The molecule has 0 amide bonds. The molecule has 0 fully saturated rings. The van der Waals surface area contributed by atoms with Gasteiger partial charge in [0.2, 0.25) is 0 Å². The van der Waals surface area contributed by atoms with Gasteiger partial charge in [-0.15, -0.1) is 0 Å². The molecule has 0 saturated carbocycles. The molecule has 0 aliphatic carbocycles. The average molecular weight is 188 g/mol. The van der Waals surface area contributed by atoms with Crippen molar-refractivity contribution in [3.63, 3.8) is 0 Å². The Morgan fingerprint density at radius 1 is 1.00 bits per heavy atom. The predicted octanol–water partition coefficient (Wildman–Crippen LogP) is 3.96. The highest BCUT2D eigenvalue weighted by molar-refractivity contribution is 5.31. The first-order valence-corrected chi connectivity index (χ1v) is 4.04. The molecule has 1 atom stereocenters. The van der Waals surface area contributed by atoms with Crippen LogP contribution in [0, 0.1) is 6.92 Å². The van der Waals surface area contributed by atoms with Gasteiger partial charge in [-0.2, -0.15) is 0 Å². The lowest BCUT2D eigenvalue weighted by Gasteiger charge is -2.07. The van der Waals surface area contributed by atoms with E-state index in [0.717, 1.165) is 0 Å². The van der Waals surface area contributed by atoms with Crippen molar-refractivity contribution in [1.82, 2.24) is 0 Å². The van der Waals surface area contributed by atoms with E-state index < -0.39 is 12.6 Å². The maximum atomic E-state index is 12.8. The minimum Gasteiger partial charge on any atom is -0.243 e. The summed E-state index contributed by atoms with van der Waals surface area (Å²) in [5, 5.41) is 0. The number of aryl methyl sites for hydroxylation is 1. The Kier molecular flexibility index (Phi) is 2.96. The molecule has 0 heterocycles. The molecule has 0 bridgehead atoms. The molecular weight excluding hydrogens is 177 g/mol. The fourth-order valence-electron chi connectivity index (χ4n) is 1.20. The van der Waals surface area contributed by atoms with E-state index >= 15 is 0 Å². The predicted molar refractivity (Wildman–Crippen MR) is 45.7 cm³/mol. The van der Waals surface area contributed by atoms with Crippen LogP contribution in [0.1, 0.15) is 36.2 Å². The van der Waals surface area contributed by atoms with Gasteiger partial charge in [-0.05, 0) is 25.5 Å². The third kappa shape index (κ3) is 2.47. The Hall–Kier alpha value is -0.990. The highest BCUT2D eigenvalue weighted by Gasteiger charge is 2.11. The van der Waals surface area contributed by atoms with Crippen LogP contribution in [0.25, 0.3) is 0 Å². The van der Waals surface area contributed by atoms with Crippen molar-refractivity contribution in [1.29, 1.82) is 0 Å². The first-order valence-electron chi connectivity index (χ1n) is 4.04. The van der Waals surface area contributed by atoms with Gasteiger partial charge < -0.3 is 0 Å². The van der Waals surface area contributed by atoms with Gasteiger partial charge in [0, 0.05) is 5.56 Å². The van der Waals surface area contributed by atoms with Crippen LogP contribution >= 0.6 is 0 Å². The monoisotopic (exact) mass is 188 g/mol. The molecule has 0 radical (unpaired) electrons. The highest BCUT2D eigenvalue weighted by atomic mass is 19.3. The summed E-state index contributed by atoms with van der Waals surface area (Å²) >= 11 is 0. The lowest BCUT2D eigenvalue weighted by Crippen LogP contribution is -1.92. The number of rotatable bonds is 2. The third-order valence-corrected chi connectivity index (χ3v) is 1.83. The highest BCUT2D eigenvalue weighted by Crippen LogP contribution is 2.25. The quantitative estimate of drug-likeness (QED) is 0.658. The summed E-state index contributed by atoms with van der Waals surface area (Å²) in [7, 11) is 0. The van der Waals surface area contributed by atoms with E-state index in [1.54, 1.807) is 13.0 Å². The lowest BCUT2D eigenvalue weighted by atomic mass is 10.0. The second-order valence-electron chi connectivity index (χ2n) is 3.09. The van der Waals surface area contributed by atoms with Crippen LogP contribution in [0.15, 0.2) is 18.2 Å². The van der Waals surface area contributed by atoms with Gasteiger partial charge in [0.05, 0.1) is 0 Å². The van der Waals surface area contributed by atoms with Crippen molar-refractivity contribution < 1.29 is 13.2 Å². The van der Waals surface area contributed by atoms with Crippen LogP contribution in [0.3, 0.4) is 0 Å². The Balaban J connectivity index is 3.11. The summed E-state index contributed by atoms with van der Waals surface area (Å²) in [6.45, 7) is 3.02. The fourth-order valence-corrected chi connectivity index (χ4v) is 1.20. The van der Waals surface area contributed by atoms with Crippen molar-refractivity contribution in [2.24, 2.45) is 0 Å². The summed E-state index contributed by atoms with van der Waals surface area (Å²) in [6, 6.07) is 4.16. The minimum absolute atomic E-state index is 0.112. The number of hydrogen-bond acceptors (Lipinski definition) is 0. The summed E-state index contributed by atoms with van der Waals surface area (Å²) in [5.74, 6) is 0. The minimum atomic E-state index is -2.53. The van der Waals surface area contributed by atoms with Gasteiger partial charge in [0.1, 0.15) is 6.17 Å². The fraction of sp³-hybridized carbons (Fsp3) is 0.400. The second-order valence-corrected chi connectivity index (χ2v) is 3.09. The van der Waals surface area contributed by atoms with Crippen LogP contribution in [0.2, 0.25) is 0 Å². The molecule has 1 aromatic rings. The number of benzene rings is 1. The van der Waals surface area contributed by atoms with Crippen LogP contribution in [0.5, 0.6) is 0 Å². The smallest absolute Gasteiger partial charge is 0.243 e. The molecule has 1 unspecified atom stereocenters. The molecule has 72 valence electrons. The van der Waals surface area contributed by atoms with Gasteiger partial charge in [0.15, 0.2) is 0 Å². The Labute approximate surface area is 75.4 Å². The van der Waals surface area contributed by atoms with Crippen molar-refractivity contribution in [3.05, 3.63) is 34.9 Å². The molecule has 0 nitrogen and oxygen atoms in total. The van der Waals surface area contributed by atoms with Crippen LogP contribution in [0.4, 0.5) is 13.2 Å². The molecule has 0 saturated heterocycles. The second kappa shape index (κ2) is 3.81. The molecule has 0 aliphatic rings. The van der Waals surface area contributed by atoms with E-state index in [1.807, 2.05) is 0 Å². The molecule has 0 spiro atoms. The summed E-state index contributed by atoms with van der Waals surface area (Å²) in [4.78, 5) is 0. The van der Waals surface area contributed by atoms with E-state index in [1.165, 1.54) is 19.1 Å². The molecule has 1 rings (SSSR count). The molecule has 0 N–H and O–H groups in total. The standard InChI is InChI=1S/C10H11F3/c1-6-3-8(7(2)11)5-9(4-6)10(12)13/h3-5,7,10H,1-2H3. The topological polar surface area (TPSA) is 0 Å². The van der Waals surface area contributed by atoms with Gasteiger partial charge >= 0.3 is 0 Å². The maximum absolute atomic E-state index is 12.8. The largest absolute Gasteiger partial charge is 0.263 e. The van der Waals surface area contributed by atoms with E-state index in [9.17, 15) is 13.2 Å². The summed E-state index contributed by atoms with van der Waals surface area (Å²) in [6.07, 6.45) is -3.73. The molecular formula is C10H11F3. The molecule has 3 heteroatoms. The van der Waals surface area contributed by atoms with E-state index in [4.69, 9.17) is 0 Å². The first-order chi connectivity index (χ1) is 6.00. The third-order valence-electron chi connectivity index (χ3n) is 1.83.